The van der Waals surface area contributed by atoms with E-state index in [4.69, 9.17) is 9.16 Å². The number of carbonyl (C=O) groups excluding carboxylic acids is 1. The molecule has 0 aromatic rings. The molecule has 114 valence electrons. The molecule has 0 saturated carbocycles. The zero-order chi connectivity index (χ0) is 15.5. The van der Waals surface area contributed by atoms with Crippen LogP contribution in [0.25, 0.3) is 0 Å². The van der Waals surface area contributed by atoms with Crippen LogP contribution in [-0.4, -0.2) is 26.2 Å². The van der Waals surface area contributed by atoms with Gasteiger partial charge in [0.1, 0.15) is 11.8 Å². The van der Waals surface area contributed by atoms with Gasteiger partial charge in [-0.25, -0.2) is 4.79 Å². The largest absolute Gasteiger partial charge is 0.444 e. The quantitative estimate of drug-likeness (QED) is 0.621. The molecule has 0 saturated heterocycles. The van der Waals surface area contributed by atoms with Crippen molar-refractivity contribution >= 4 is 14.4 Å². The number of amides is 1. The second-order valence-corrected chi connectivity index (χ2v) is 12.2. The van der Waals surface area contributed by atoms with Crippen molar-refractivity contribution in [3.8, 4) is 0 Å². The maximum absolute atomic E-state index is 11.8. The molecule has 5 heteroatoms. The van der Waals surface area contributed by atoms with Crippen LogP contribution < -0.4 is 5.32 Å². The summed E-state index contributed by atoms with van der Waals surface area (Å²) in [5.41, 5.74) is -0.487. The first kappa shape index (κ1) is 18.4. The Labute approximate surface area is 119 Å². The molecule has 0 radical (unpaired) electrons. The molecular formula is C14H31NO3Si. The predicted molar refractivity (Wildman–Crippen MR) is 81.7 cm³/mol. The van der Waals surface area contributed by atoms with Gasteiger partial charge in [0.25, 0.3) is 0 Å². The Morgan fingerprint density at radius 2 is 1.63 bits per heavy atom. The standard InChI is InChI=1S/C14H31NO3Si/c1-10-11(15-12(16)17-13(2,3)4)18-19(8,9)14(5,6)7/h11H,10H2,1-9H3,(H,15,16). The summed E-state index contributed by atoms with van der Waals surface area (Å²) in [4.78, 5) is 11.8. The van der Waals surface area contributed by atoms with Crippen molar-refractivity contribution in [3.63, 3.8) is 0 Å². The van der Waals surface area contributed by atoms with Gasteiger partial charge in [-0.05, 0) is 45.3 Å². The first-order valence-electron chi connectivity index (χ1n) is 6.96. The lowest BCUT2D eigenvalue weighted by Crippen LogP contribution is -2.50. The van der Waals surface area contributed by atoms with Crippen LogP contribution in [-0.2, 0) is 9.16 Å². The lowest BCUT2D eigenvalue weighted by atomic mass is 10.2. The molecule has 1 amide bonds. The average Bonchev–Trinajstić information content (AvgIpc) is 2.11. The molecule has 1 N–H and O–H groups in total. The van der Waals surface area contributed by atoms with Crippen LogP contribution in [0.4, 0.5) is 4.79 Å². The first-order valence-corrected chi connectivity index (χ1v) is 9.86. The van der Waals surface area contributed by atoms with E-state index in [2.05, 4.69) is 39.2 Å². The van der Waals surface area contributed by atoms with Gasteiger partial charge in [-0.1, -0.05) is 27.7 Å². The van der Waals surface area contributed by atoms with E-state index >= 15 is 0 Å². The van der Waals surface area contributed by atoms with Crippen LogP contribution in [0.5, 0.6) is 0 Å². The van der Waals surface area contributed by atoms with Crippen molar-refractivity contribution in [1.82, 2.24) is 5.32 Å². The van der Waals surface area contributed by atoms with Gasteiger partial charge in [0.15, 0.2) is 8.32 Å². The third kappa shape index (κ3) is 6.97. The molecule has 0 aliphatic heterocycles. The molecule has 0 fully saturated rings. The summed E-state index contributed by atoms with van der Waals surface area (Å²) in [5.74, 6) is 0. The van der Waals surface area contributed by atoms with E-state index in [1.807, 2.05) is 27.7 Å². The van der Waals surface area contributed by atoms with E-state index < -0.39 is 20.0 Å². The lowest BCUT2D eigenvalue weighted by Gasteiger charge is -2.39. The highest BCUT2D eigenvalue weighted by molar-refractivity contribution is 6.74. The number of hydrogen-bond donors (Lipinski definition) is 1. The van der Waals surface area contributed by atoms with Gasteiger partial charge in [-0.3, -0.25) is 5.32 Å². The van der Waals surface area contributed by atoms with Crippen molar-refractivity contribution in [1.29, 1.82) is 0 Å². The molecule has 0 spiro atoms. The van der Waals surface area contributed by atoms with E-state index in [0.29, 0.717) is 0 Å². The summed E-state index contributed by atoms with van der Waals surface area (Å²) < 4.78 is 11.4. The molecule has 1 unspecified atom stereocenters. The number of hydrogen-bond acceptors (Lipinski definition) is 3. The van der Waals surface area contributed by atoms with Crippen molar-refractivity contribution in [2.24, 2.45) is 0 Å². The number of alkyl carbamates (subject to hydrolysis) is 1. The highest BCUT2D eigenvalue weighted by atomic mass is 28.4. The summed E-state index contributed by atoms with van der Waals surface area (Å²) in [5, 5.41) is 2.92. The van der Waals surface area contributed by atoms with Crippen LogP contribution in [0.1, 0.15) is 54.9 Å². The number of nitrogens with one attached hydrogen (secondary N) is 1. The lowest BCUT2D eigenvalue weighted by molar-refractivity contribution is 0.0371. The van der Waals surface area contributed by atoms with Gasteiger partial charge in [-0.2, -0.15) is 0 Å². The van der Waals surface area contributed by atoms with Gasteiger partial charge >= 0.3 is 6.09 Å². The van der Waals surface area contributed by atoms with E-state index in [1.54, 1.807) is 0 Å². The molecule has 19 heavy (non-hydrogen) atoms. The van der Waals surface area contributed by atoms with Crippen molar-refractivity contribution in [2.45, 2.75) is 84.8 Å². The fourth-order valence-electron chi connectivity index (χ4n) is 1.19. The number of ether oxygens (including phenoxy) is 1. The van der Waals surface area contributed by atoms with Crippen molar-refractivity contribution in [3.05, 3.63) is 0 Å². The summed E-state index contributed by atoms with van der Waals surface area (Å²) in [6, 6.07) is 0. The second-order valence-electron chi connectivity index (χ2n) is 7.42. The predicted octanol–water partition coefficient (Wildman–Crippen LogP) is 4.27. The Morgan fingerprint density at radius 3 is 1.95 bits per heavy atom. The van der Waals surface area contributed by atoms with Gasteiger partial charge in [0.05, 0.1) is 0 Å². The second kappa shape index (κ2) is 6.26. The highest BCUT2D eigenvalue weighted by Crippen LogP contribution is 2.37. The number of carbonyl (C=O) groups is 1. The normalized spacial score (nSPS) is 15.0. The van der Waals surface area contributed by atoms with E-state index in [1.165, 1.54) is 0 Å². The summed E-state index contributed by atoms with van der Waals surface area (Å²) in [7, 11) is -1.88. The highest BCUT2D eigenvalue weighted by Gasteiger charge is 2.39. The van der Waals surface area contributed by atoms with Crippen LogP contribution >= 0.6 is 0 Å². The minimum absolute atomic E-state index is 0.121. The molecule has 0 heterocycles. The van der Waals surface area contributed by atoms with E-state index in [9.17, 15) is 4.79 Å². The Hall–Kier alpha value is -0.553. The van der Waals surface area contributed by atoms with E-state index in [-0.39, 0.29) is 11.3 Å². The van der Waals surface area contributed by atoms with Crippen molar-refractivity contribution in [2.75, 3.05) is 0 Å². The SMILES string of the molecule is CCC(NC(=O)OC(C)(C)C)O[Si](C)(C)C(C)(C)C. The van der Waals surface area contributed by atoms with Gasteiger partial charge in [-0.15, -0.1) is 0 Å². The fraction of sp³-hybridized carbons (Fsp3) is 0.929. The third-order valence-electron chi connectivity index (χ3n) is 3.29. The van der Waals surface area contributed by atoms with Crippen LogP contribution in [0.3, 0.4) is 0 Å². The average molecular weight is 289 g/mol. The van der Waals surface area contributed by atoms with Crippen LogP contribution in [0, 0.1) is 0 Å². The number of rotatable bonds is 4. The van der Waals surface area contributed by atoms with Gasteiger partial charge < -0.3 is 9.16 Å². The summed E-state index contributed by atoms with van der Waals surface area (Å²) in [6.07, 6.45) is 0.0277. The smallest absolute Gasteiger partial charge is 0.409 e. The Kier molecular flexibility index (Phi) is 6.08. The Balaban J connectivity index is 4.58. The molecule has 0 aliphatic carbocycles. The zero-order valence-electron chi connectivity index (χ0n) is 14.0. The topological polar surface area (TPSA) is 47.6 Å². The maximum Gasteiger partial charge on any atom is 0.409 e. The molecule has 0 aromatic carbocycles. The molecular weight excluding hydrogens is 258 g/mol. The maximum atomic E-state index is 11.8. The Bertz CT molecular complexity index is 303. The monoisotopic (exact) mass is 289 g/mol. The molecule has 1 atom stereocenters. The molecule has 0 bridgehead atoms. The Morgan fingerprint density at radius 1 is 1.16 bits per heavy atom. The molecule has 0 aliphatic rings. The third-order valence-corrected chi connectivity index (χ3v) is 7.78. The van der Waals surface area contributed by atoms with E-state index in [0.717, 1.165) is 6.42 Å². The van der Waals surface area contributed by atoms with Crippen LogP contribution in [0.2, 0.25) is 18.1 Å². The minimum Gasteiger partial charge on any atom is -0.444 e. The van der Waals surface area contributed by atoms with Crippen molar-refractivity contribution < 1.29 is 14.0 Å². The van der Waals surface area contributed by atoms with Gasteiger partial charge in [0.2, 0.25) is 0 Å². The molecule has 0 aromatic heterocycles. The zero-order valence-corrected chi connectivity index (χ0v) is 15.0. The minimum atomic E-state index is -1.88. The van der Waals surface area contributed by atoms with Gasteiger partial charge in [0, 0.05) is 0 Å². The summed E-state index contributed by atoms with van der Waals surface area (Å²) >= 11 is 0. The van der Waals surface area contributed by atoms with Crippen LogP contribution in [0.15, 0.2) is 0 Å². The fourth-order valence-corrected chi connectivity index (χ4v) is 2.48. The molecule has 4 nitrogen and oxygen atoms in total. The first-order chi connectivity index (χ1) is 8.28. The summed E-state index contributed by atoms with van der Waals surface area (Å²) in [6.45, 7) is 18.4. The molecule has 0 rings (SSSR count).